The number of likely N-dealkylation sites (tertiary alicyclic amines) is 1. The first-order chi connectivity index (χ1) is 9.83. The van der Waals surface area contributed by atoms with Gasteiger partial charge >= 0.3 is 6.09 Å². The lowest BCUT2D eigenvalue weighted by molar-refractivity contribution is 0.0285. The molecule has 21 heavy (non-hydrogen) atoms. The zero-order valence-electron chi connectivity index (χ0n) is 13.4. The van der Waals surface area contributed by atoms with Gasteiger partial charge in [0.25, 0.3) is 0 Å². The third-order valence-corrected chi connectivity index (χ3v) is 3.41. The van der Waals surface area contributed by atoms with E-state index < -0.39 is 5.60 Å². The Hall–Kier alpha value is -1.71. The van der Waals surface area contributed by atoms with E-state index in [1.807, 2.05) is 52.0 Å². The predicted octanol–water partition coefficient (Wildman–Crippen LogP) is 3.63. The number of amides is 1. The highest BCUT2D eigenvalue weighted by Gasteiger charge is 2.30. The van der Waals surface area contributed by atoms with Crippen molar-refractivity contribution in [3.05, 3.63) is 29.8 Å². The molecule has 0 aromatic heterocycles. The van der Waals surface area contributed by atoms with E-state index in [4.69, 9.17) is 9.47 Å². The highest BCUT2D eigenvalue weighted by Crippen LogP contribution is 2.21. The summed E-state index contributed by atoms with van der Waals surface area (Å²) in [5.74, 6) is 1.27. The summed E-state index contributed by atoms with van der Waals surface area (Å²) in [5, 5.41) is 0. The molecule has 1 heterocycles. The van der Waals surface area contributed by atoms with Gasteiger partial charge in [0.2, 0.25) is 0 Å². The van der Waals surface area contributed by atoms with E-state index in [9.17, 15) is 4.79 Å². The second-order valence-electron chi connectivity index (χ2n) is 6.71. The van der Waals surface area contributed by atoms with Crippen LogP contribution in [0.4, 0.5) is 4.79 Å². The van der Waals surface area contributed by atoms with Crippen LogP contribution in [0.3, 0.4) is 0 Å². The lowest BCUT2D eigenvalue weighted by Crippen LogP contribution is -2.35. The molecule has 0 spiro atoms. The van der Waals surface area contributed by atoms with Gasteiger partial charge in [-0.15, -0.1) is 0 Å². The molecule has 1 atom stereocenters. The van der Waals surface area contributed by atoms with Crippen LogP contribution in [0.1, 0.15) is 32.8 Å². The maximum atomic E-state index is 12.0. The van der Waals surface area contributed by atoms with E-state index in [2.05, 4.69) is 0 Å². The normalized spacial score (nSPS) is 18.7. The molecule has 4 nitrogen and oxygen atoms in total. The molecule has 1 aromatic carbocycles. The first-order valence-corrected chi connectivity index (χ1v) is 7.51. The quantitative estimate of drug-likeness (QED) is 0.853. The van der Waals surface area contributed by atoms with Gasteiger partial charge in [0.15, 0.2) is 0 Å². The number of nitrogens with zero attached hydrogens (tertiary/aromatic N) is 1. The van der Waals surface area contributed by atoms with Crippen LogP contribution in [0, 0.1) is 12.8 Å². The van der Waals surface area contributed by atoms with E-state index in [0.717, 1.165) is 18.7 Å². The fourth-order valence-electron chi connectivity index (χ4n) is 2.38. The maximum absolute atomic E-state index is 12.0. The predicted molar refractivity (Wildman–Crippen MR) is 82.6 cm³/mol. The highest BCUT2D eigenvalue weighted by molar-refractivity contribution is 5.68. The largest absolute Gasteiger partial charge is 0.493 e. The van der Waals surface area contributed by atoms with Gasteiger partial charge in [-0.2, -0.15) is 0 Å². The smallest absolute Gasteiger partial charge is 0.410 e. The summed E-state index contributed by atoms with van der Waals surface area (Å²) >= 11 is 0. The molecule has 0 bridgehead atoms. The van der Waals surface area contributed by atoms with Gasteiger partial charge < -0.3 is 14.4 Å². The summed E-state index contributed by atoms with van der Waals surface area (Å²) in [6.07, 6.45) is 0.742. The van der Waals surface area contributed by atoms with Crippen LogP contribution in [0.15, 0.2) is 24.3 Å². The van der Waals surface area contributed by atoms with Crippen molar-refractivity contribution in [2.24, 2.45) is 5.92 Å². The summed E-state index contributed by atoms with van der Waals surface area (Å²) in [4.78, 5) is 13.8. The van der Waals surface area contributed by atoms with Crippen molar-refractivity contribution >= 4 is 6.09 Å². The summed E-state index contributed by atoms with van der Waals surface area (Å²) in [7, 11) is 0. The molecule has 1 aliphatic heterocycles. The SMILES string of the molecule is Cc1cccc(OC[C@@H]2CCN(C(=O)OC(C)(C)C)C2)c1. The van der Waals surface area contributed by atoms with Crippen LogP contribution in [0.2, 0.25) is 0 Å². The molecular formula is C17H25NO3. The third-order valence-electron chi connectivity index (χ3n) is 3.41. The van der Waals surface area contributed by atoms with Crippen molar-refractivity contribution in [1.82, 2.24) is 4.90 Å². The first-order valence-electron chi connectivity index (χ1n) is 7.51. The van der Waals surface area contributed by atoms with Gasteiger partial charge in [-0.05, 0) is 51.8 Å². The van der Waals surface area contributed by atoms with E-state index in [1.54, 1.807) is 4.90 Å². The second-order valence-corrected chi connectivity index (χ2v) is 6.71. The number of hydrogen-bond acceptors (Lipinski definition) is 3. The zero-order valence-corrected chi connectivity index (χ0v) is 13.4. The van der Waals surface area contributed by atoms with Crippen molar-refractivity contribution < 1.29 is 14.3 Å². The lowest BCUT2D eigenvalue weighted by atomic mass is 10.1. The molecule has 1 amide bonds. The van der Waals surface area contributed by atoms with Crippen molar-refractivity contribution in [1.29, 1.82) is 0 Å². The highest BCUT2D eigenvalue weighted by atomic mass is 16.6. The number of rotatable bonds is 3. The van der Waals surface area contributed by atoms with Crippen LogP contribution >= 0.6 is 0 Å². The van der Waals surface area contributed by atoms with Crippen LogP contribution in [0.5, 0.6) is 5.75 Å². The molecule has 1 fully saturated rings. The van der Waals surface area contributed by atoms with Gasteiger partial charge in [-0.1, -0.05) is 12.1 Å². The first kappa shape index (κ1) is 15.7. The molecule has 0 aliphatic carbocycles. The van der Waals surface area contributed by atoms with Gasteiger partial charge in [0, 0.05) is 19.0 Å². The monoisotopic (exact) mass is 291 g/mol. The van der Waals surface area contributed by atoms with E-state index in [1.165, 1.54) is 5.56 Å². The van der Waals surface area contributed by atoms with Crippen molar-refractivity contribution in [2.45, 2.75) is 39.7 Å². The van der Waals surface area contributed by atoms with Crippen molar-refractivity contribution in [2.75, 3.05) is 19.7 Å². The van der Waals surface area contributed by atoms with Crippen molar-refractivity contribution in [3.63, 3.8) is 0 Å². The molecule has 1 aromatic rings. The fraction of sp³-hybridized carbons (Fsp3) is 0.588. The minimum atomic E-state index is -0.437. The van der Waals surface area contributed by atoms with E-state index in [0.29, 0.717) is 19.1 Å². The van der Waals surface area contributed by atoms with Gasteiger partial charge in [-0.3, -0.25) is 0 Å². The second kappa shape index (κ2) is 6.37. The Balaban J connectivity index is 1.79. The summed E-state index contributed by atoms with van der Waals surface area (Å²) in [6.45, 7) is 9.81. The lowest BCUT2D eigenvalue weighted by Gasteiger charge is -2.24. The van der Waals surface area contributed by atoms with Crippen LogP contribution < -0.4 is 4.74 Å². The molecule has 116 valence electrons. The molecule has 0 N–H and O–H groups in total. The maximum Gasteiger partial charge on any atom is 0.410 e. The minimum Gasteiger partial charge on any atom is -0.493 e. The Kier molecular flexibility index (Phi) is 4.76. The topological polar surface area (TPSA) is 38.8 Å². The molecule has 1 saturated heterocycles. The van der Waals surface area contributed by atoms with Crippen molar-refractivity contribution in [3.8, 4) is 5.75 Å². The Bertz CT molecular complexity index is 493. The minimum absolute atomic E-state index is 0.222. The average Bonchev–Trinajstić information content (AvgIpc) is 2.83. The van der Waals surface area contributed by atoms with Crippen LogP contribution in [-0.4, -0.2) is 36.3 Å². The molecule has 0 saturated carbocycles. The number of carbonyl (C=O) groups is 1. The number of ether oxygens (including phenoxy) is 2. The van der Waals surface area contributed by atoms with E-state index in [-0.39, 0.29) is 6.09 Å². The molecule has 0 radical (unpaired) electrons. The number of benzene rings is 1. The average molecular weight is 291 g/mol. The Morgan fingerprint density at radius 3 is 2.81 bits per heavy atom. The zero-order chi connectivity index (χ0) is 15.5. The summed E-state index contributed by atoms with van der Waals surface area (Å²) in [5.41, 5.74) is 0.752. The Morgan fingerprint density at radius 1 is 1.38 bits per heavy atom. The number of carbonyl (C=O) groups excluding carboxylic acids is 1. The van der Waals surface area contributed by atoms with Crippen LogP contribution in [0.25, 0.3) is 0 Å². The Morgan fingerprint density at radius 2 is 2.14 bits per heavy atom. The van der Waals surface area contributed by atoms with Crippen LogP contribution in [-0.2, 0) is 4.74 Å². The summed E-state index contributed by atoms with van der Waals surface area (Å²) in [6, 6.07) is 8.03. The fourth-order valence-corrected chi connectivity index (χ4v) is 2.38. The molecule has 0 unspecified atom stereocenters. The van der Waals surface area contributed by atoms with E-state index >= 15 is 0 Å². The molecule has 4 heteroatoms. The summed E-state index contributed by atoms with van der Waals surface area (Å²) < 4.78 is 11.2. The van der Waals surface area contributed by atoms with Gasteiger partial charge in [0.05, 0.1) is 6.61 Å². The van der Waals surface area contributed by atoms with Gasteiger partial charge in [-0.25, -0.2) is 4.79 Å². The molecule has 2 rings (SSSR count). The van der Waals surface area contributed by atoms with Gasteiger partial charge in [0.1, 0.15) is 11.4 Å². The number of aryl methyl sites for hydroxylation is 1. The molecular weight excluding hydrogens is 266 g/mol. The third kappa shape index (κ3) is 4.96. The molecule has 1 aliphatic rings. The Labute approximate surface area is 127 Å². The number of hydrogen-bond donors (Lipinski definition) is 0. The standard InChI is InChI=1S/C17H25NO3/c1-13-6-5-7-15(10-13)20-12-14-8-9-18(11-14)16(19)21-17(2,3)4/h5-7,10,14H,8-9,11-12H2,1-4H3/t14-/m1/s1.